The zero-order chi connectivity index (χ0) is 17.2. The molecule has 1 saturated heterocycles. The molecule has 0 radical (unpaired) electrons. The molecule has 1 aliphatic heterocycles. The second-order valence-electron chi connectivity index (χ2n) is 6.41. The molecule has 7 nitrogen and oxygen atoms in total. The van der Waals surface area contributed by atoms with Crippen molar-refractivity contribution < 1.29 is 9.53 Å². The van der Waals surface area contributed by atoms with Crippen molar-refractivity contribution in [1.82, 2.24) is 24.5 Å². The summed E-state index contributed by atoms with van der Waals surface area (Å²) in [5, 5.41) is 9.42. The lowest BCUT2D eigenvalue weighted by atomic mass is 10.2. The van der Waals surface area contributed by atoms with Crippen LogP contribution < -0.4 is 0 Å². The quantitative estimate of drug-likeness (QED) is 0.712. The molecule has 1 atom stereocenters. The number of benzene rings is 1. The average molecular weight is 339 g/mol. The molecular formula is C18H21N5O2. The minimum absolute atomic E-state index is 0.140. The molecule has 0 saturated carbocycles. The second-order valence-corrected chi connectivity index (χ2v) is 6.41. The Morgan fingerprint density at radius 2 is 2.20 bits per heavy atom. The standard InChI is InChI=1S/C18H21N5O2/c1-25-13-15-10-23(20-19-15)16-7-9-22(11-16)18(24)12-21-8-6-14-4-2-3-5-17(14)21/h2-6,8,10,16H,7,9,11-13H2,1H3. The van der Waals surface area contributed by atoms with E-state index in [0.29, 0.717) is 19.7 Å². The van der Waals surface area contributed by atoms with Crippen molar-refractivity contribution >= 4 is 16.8 Å². The molecule has 1 aliphatic rings. The molecule has 1 fully saturated rings. The van der Waals surface area contributed by atoms with Gasteiger partial charge in [-0.25, -0.2) is 4.68 Å². The van der Waals surface area contributed by atoms with Gasteiger partial charge in [-0.1, -0.05) is 23.4 Å². The van der Waals surface area contributed by atoms with Crippen LogP contribution in [0.5, 0.6) is 0 Å². The van der Waals surface area contributed by atoms with Crippen molar-refractivity contribution in [1.29, 1.82) is 0 Å². The van der Waals surface area contributed by atoms with Crippen molar-refractivity contribution in [2.75, 3.05) is 20.2 Å². The summed E-state index contributed by atoms with van der Waals surface area (Å²) in [5.41, 5.74) is 1.90. The van der Waals surface area contributed by atoms with Crippen LogP contribution in [0.15, 0.2) is 42.7 Å². The Morgan fingerprint density at radius 1 is 1.32 bits per heavy atom. The predicted octanol–water partition coefficient (Wildman–Crippen LogP) is 1.85. The highest BCUT2D eigenvalue weighted by Crippen LogP contribution is 2.22. The summed E-state index contributed by atoms with van der Waals surface area (Å²) in [7, 11) is 1.64. The molecule has 0 N–H and O–H groups in total. The number of hydrogen-bond acceptors (Lipinski definition) is 4. The highest BCUT2D eigenvalue weighted by Gasteiger charge is 2.28. The molecule has 0 bridgehead atoms. The van der Waals surface area contributed by atoms with E-state index in [2.05, 4.69) is 16.4 Å². The third-order valence-electron chi connectivity index (χ3n) is 4.73. The molecule has 2 aromatic heterocycles. The zero-order valence-electron chi connectivity index (χ0n) is 14.2. The summed E-state index contributed by atoms with van der Waals surface area (Å²) < 4.78 is 8.94. The molecule has 1 amide bonds. The smallest absolute Gasteiger partial charge is 0.242 e. The number of nitrogens with zero attached hydrogens (tertiary/aromatic N) is 5. The van der Waals surface area contributed by atoms with Gasteiger partial charge in [-0.3, -0.25) is 4.79 Å². The Labute approximate surface area is 145 Å². The van der Waals surface area contributed by atoms with Gasteiger partial charge >= 0.3 is 0 Å². The molecule has 0 aliphatic carbocycles. The molecule has 25 heavy (non-hydrogen) atoms. The van der Waals surface area contributed by atoms with Crippen LogP contribution >= 0.6 is 0 Å². The van der Waals surface area contributed by atoms with E-state index in [4.69, 9.17) is 4.74 Å². The van der Waals surface area contributed by atoms with E-state index >= 15 is 0 Å². The van der Waals surface area contributed by atoms with E-state index in [9.17, 15) is 4.79 Å². The number of hydrogen-bond donors (Lipinski definition) is 0. The van der Waals surface area contributed by atoms with Crippen LogP contribution in [-0.2, 0) is 22.7 Å². The Morgan fingerprint density at radius 3 is 3.08 bits per heavy atom. The number of carbonyl (C=O) groups excluding carboxylic acids is 1. The van der Waals surface area contributed by atoms with Crippen molar-refractivity contribution in [3.63, 3.8) is 0 Å². The Kier molecular flexibility index (Phi) is 4.23. The van der Waals surface area contributed by atoms with Gasteiger partial charge in [-0.2, -0.15) is 0 Å². The third kappa shape index (κ3) is 3.15. The van der Waals surface area contributed by atoms with E-state index in [0.717, 1.165) is 29.6 Å². The molecule has 130 valence electrons. The first-order valence-corrected chi connectivity index (χ1v) is 8.46. The minimum Gasteiger partial charge on any atom is -0.378 e. The predicted molar refractivity (Wildman–Crippen MR) is 92.9 cm³/mol. The van der Waals surface area contributed by atoms with Gasteiger partial charge in [0.2, 0.25) is 5.91 Å². The lowest BCUT2D eigenvalue weighted by molar-refractivity contribution is -0.130. The first-order valence-electron chi connectivity index (χ1n) is 8.46. The normalized spacial score (nSPS) is 17.5. The summed E-state index contributed by atoms with van der Waals surface area (Å²) in [5.74, 6) is 0.140. The maximum atomic E-state index is 12.7. The van der Waals surface area contributed by atoms with Crippen LogP contribution in [0, 0.1) is 0 Å². The monoisotopic (exact) mass is 339 g/mol. The summed E-state index contributed by atoms with van der Waals surface area (Å²) in [4.78, 5) is 14.6. The summed E-state index contributed by atoms with van der Waals surface area (Å²) in [6, 6.07) is 10.3. The van der Waals surface area contributed by atoms with E-state index in [1.54, 1.807) is 7.11 Å². The molecule has 7 heteroatoms. The Bertz CT molecular complexity index is 884. The number of para-hydroxylation sites is 1. The highest BCUT2D eigenvalue weighted by molar-refractivity contribution is 5.83. The van der Waals surface area contributed by atoms with E-state index in [1.807, 2.05) is 50.8 Å². The van der Waals surface area contributed by atoms with Crippen molar-refractivity contribution in [3.05, 3.63) is 48.4 Å². The van der Waals surface area contributed by atoms with Gasteiger partial charge in [0.1, 0.15) is 12.2 Å². The Hall–Kier alpha value is -2.67. The maximum Gasteiger partial charge on any atom is 0.242 e. The average Bonchev–Trinajstić information content (AvgIpc) is 3.34. The Balaban J connectivity index is 1.41. The number of amides is 1. The van der Waals surface area contributed by atoms with Gasteiger partial charge in [-0.05, 0) is 23.9 Å². The SMILES string of the molecule is COCc1cn(C2CCN(C(=O)Cn3ccc4ccccc43)C2)nn1. The molecule has 4 rings (SSSR count). The van der Waals surface area contributed by atoms with Crippen molar-refractivity contribution in [2.45, 2.75) is 25.6 Å². The van der Waals surface area contributed by atoms with Crippen LogP contribution in [-0.4, -0.2) is 50.6 Å². The van der Waals surface area contributed by atoms with Crippen LogP contribution in [0.25, 0.3) is 10.9 Å². The van der Waals surface area contributed by atoms with Crippen LogP contribution in [0.1, 0.15) is 18.2 Å². The number of methoxy groups -OCH3 is 1. The molecular weight excluding hydrogens is 318 g/mol. The van der Waals surface area contributed by atoms with E-state index in [-0.39, 0.29) is 11.9 Å². The van der Waals surface area contributed by atoms with Crippen LogP contribution in [0.3, 0.4) is 0 Å². The number of carbonyl (C=O) groups is 1. The van der Waals surface area contributed by atoms with Gasteiger partial charge in [0, 0.05) is 31.9 Å². The number of aromatic nitrogens is 4. The van der Waals surface area contributed by atoms with Gasteiger partial charge in [0.05, 0.1) is 18.8 Å². The largest absolute Gasteiger partial charge is 0.378 e. The number of fused-ring (bicyclic) bond motifs is 1. The van der Waals surface area contributed by atoms with Gasteiger partial charge in [-0.15, -0.1) is 5.10 Å². The molecule has 1 aromatic carbocycles. The summed E-state index contributed by atoms with van der Waals surface area (Å²) in [6.45, 7) is 2.25. The molecule has 3 aromatic rings. The molecule has 3 heterocycles. The minimum atomic E-state index is 0.140. The fraction of sp³-hybridized carbons (Fsp3) is 0.389. The second kappa shape index (κ2) is 6.68. The van der Waals surface area contributed by atoms with Gasteiger partial charge in [0.15, 0.2) is 0 Å². The van der Waals surface area contributed by atoms with E-state index in [1.165, 1.54) is 0 Å². The van der Waals surface area contributed by atoms with E-state index < -0.39 is 0 Å². The van der Waals surface area contributed by atoms with Gasteiger partial charge < -0.3 is 14.2 Å². The lowest BCUT2D eigenvalue weighted by Gasteiger charge is -2.17. The molecule has 1 unspecified atom stereocenters. The summed E-state index contributed by atoms with van der Waals surface area (Å²) >= 11 is 0. The van der Waals surface area contributed by atoms with Crippen molar-refractivity contribution in [3.8, 4) is 0 Å². The zero-order valence-corrected chi connectivity index (χ0v) is 14.2. The summed E-state index contributed by atoms with van der Waals surface area (Å²) in [6.07, 6.45) is 4.78. The molecule has 0 spiro atoms. The van der Waals surface area contributed by atoms with Crippen molar-refractivity contribution in [2.24, 2.45) is 0 Å². The topological polar surface area (TPSA) is 65.2 Å². The first-order chi connectivity index (χ1) is 12.2. The number of ether oxygens (including phenoxy) is 1. The van der Waals surface area contributed by atoms with Crippen LogP contribution in [0.2, 0.25) is 0 Å². The highest BCUT2D eigenvalue weighted by atomic mass is 16.5. The maximum absolute atomic E-state index is 12.7. The first kappa shape index (κ1) is 15.8. The fourth-order valence-electron chi connectivity index (χ4n) is 3.41. The van der Waals surface area contributed by atoms with Crippen LogP contribution in [0.4, 0.5) is 0 Å². The van der Waals surface area contributed by atoms with Gasteiger partial charge in [0.25, 0.3) is 0 Å². The number of likely N-dealkylation sites (tertiary alicyclic amines) is 1. The fourth-order valence-corrected chi connectivity index (χ4v) is 3.41. The number of rotatable bonds is 5. The lowest BCUT2D eigenvalue weighted by Crippen LogP contribution is -2.32. The third-order valence-corrected chi connectivity index (χ3v) is 4.73.